The summed E-state index contributed by atoms with van der Waals surface area (Å²) in [4.78, 5) is 31.1. The molecule has 2 aliphatic rings. The first kappa shape index (κ1) is 23.8. The largest absolute Gasteiger partial charge is 0.493 e. The van der Waals surface area contributed by atoms with Gasteiger partial charge in [-0.2, -0.15) is 0 Å². The van der Waals surface area contributed by atoms with Crippen LogP contribution < -0.4 is 10.3 Å². The summed E-state index contributed by atoms with van der Waals surface area (Å²) in [7, 11) is -1.53. The molecule has 35 heavy (non-hydrogen) atoms. The van der Waals surface area contributed by atoms with Crippen LogP contribution in [-0.2, 0) is 28.3 Å². The van der Waals surface area contributed by atoms with Gasteiger partial charge in [-0.1, -0.05) is 39.6 Å². The van der Waals surface area contributed by atoms with Crippen molar-refractivity contribution in [2.45, 2.75) is 71.1 Å². The third-order valence-corrected chi connectivity index (χ3v) is 10.6. The number of carbonyl (C=O) groups excluding carboxylic acids is 1. The number of rotatable bonds is 5. The van der Waals surface area contributed by atoms with Gasteiger partial charge in [0.05, 0.1) is 43.7 Å². The fourth-order valence-electron chi connectivity index (χ4n) is 5.16. The van der Waals surface area contributed by atoms with Crippen LogP contribution >= 0.6 is 0 Å². The van der Waals surface area contributed by atoms with E-state index in [-0.39, 0.29) is 18.6 Å². The fourth-order valence-corrected chi connectivity index (χ4v) is 6.33. The molecular weight excluding hydrogens is 460 g/mol. The van der Waals surface area contributed by atoms with E-state index in [1.54, 1.807) is 17.6 Å². The van der Waals surface area contributed by atoms with Gasteiger partial charge >= 0.3 is 5.97 Å². The molecule has 7 nitrogen and oxygen atoms in total. The van der Waals surface area contributed by atoms with E-state index in [2.05, 4.69) is 38.7 Å². The Morgan fingerprint density at radius 3 is 2.63 bits per heavy atom. The quantitative estimate of drug-likeness (QED) is 0.327. The Balaban J connectivity index is 1.79. The van der Waals surface area contributed by atoms with Crippen molar-refractivity contribution < 1.29 is 19.4 Å². The molecule has 8 heteroatoms. The van der Waals surface area contributed by atoms with E-state index < -0.39 is 19.6 Å². The van der Waals surface area contributed by atoms with Crippen LogP contribution in [-0.4, -0.2) is 35.3 Å². The Labute approximate surface area is 205 Å². The van der Waals surface area contributed by atoms with Crippen molar-refractivity contribution in [2.24, 2.45) is 0 Å². The maximum Gasteiger partial charge on any atom is 0.343 e. The summed E-state index contributed by atoms with van der Waals surface area (Å²) in [6.45, 7) is 13.8. The van der Waals surface area contributed by atoms with Crippen LogP contribution in [0.25, 0.3) is 22.3 Å². The van der Waals surface area contributed by atoms with E-state index in [0.29, 0.717) is 41.2 Å². The van der Waals surface area contributed by atoms with Crippen LogP contribution in [0.4, 0.5) is 0 Å². The summed E-state index contributed by atoms with van der Waals surface area (Å²) in [5.74, 6) is 0.0698. The number of cyclic esters (lactones) is 1. The topological polar surface area (TPSA) is 90.7 Å². The van der Waals surface area contributed by atoms with Gasteiger partial charge in [0.2, 0.25) is 0 Å². The van der Waals surface area contributed by atoms with Crippen LogP contribution in [0.5, 0.6) is 5.75 Å². The first-order valence-corrected chi connectivity index (χ1v) is 15.9. The number of benzene rings is 1. The van der Waals surface area contributed by atoms with Gasteiger partial charge < -0.3 is 19.1 Å². The van der Waals surface area contributed by atoms with E-state index >= 15 is 0 Å². The van der Waals surface area contributed by atoms with Gasteiger partial charge in [0, 0.05) is 16.5 Å². The minimum absolute atomic E-state index is 0.120. The van der Waals surface area contributed by atoms with Crippen LogP contribution in [0.3, 0.4) is 0 Å². The lowest BCUT2D eigenvalue weighted by molar-refractivity contribution is -0.172. The Morgan fingerprint density at radius 2 is 1.97 bits per heavy atom. The SMILES string of the molecule is CCOc1ccc(C(C)[Si](C)(C)C)c2nc3c(cc12)Cn1c-3cc2c(c1=O)COC(=O)[C@]2(O)CC. The second-order valence-electron chi connectivity index (χ2n) is 10.7. The highest BCUT2D eigenvalue weighted by molar-refractivity contribution is 6.77. The van der Waals surface area contributed by atoms with Crippen molar-refractivity contribution >= 4 is 24.9 Å². The molecule has 0 amide bonds. The van der Waals surface area contributed by atoms with Crippen LogP contribution in [0, 0.1) is 0 Å². The molecule has 1 unspecified atom stereocenters. The summed E-state index contributed by atoms with van der Waals surface area (Å²) in [6.07, 6.45) is 0.120. The van der Waals surface area contributed by atoms with Crippen molar-refractivity contribution in [1.29, 1.82) is 0 Å². The van der Waals surface area contributed by atoms with Crippen molar-refractivity contribution in [2.75, 3.05) is 6.61 Å². The van der Waals surface area contributed by atoms with E-state index in [0.717, 1.165) is 22.2 Å². The molecule has 0 bridgehead atoms. The molecule has 0 spiro atoms. The summed E-state index contributed by atoms with van der Waals surface area (Å²) in [5, 5.41) is 12.1. The van der Waals surface area contributed by atoms with Gasteiger partial charge in [-0.25, -0.2) is 9.78 Å². The second kappa shape index (κ2) is 8.03. The lowest BCUT2D eigenvalue weighted by Crippen LogP contribution is -2.44. The number of pyridine rings is 2. The van der Waals surface area contributed by atoms with Crippen LogP contribution in [0.2, 0.25) is 19.6 Å². The Bertz CT molecular complexity index is 1440. The zero-order valence-electron chi connectivity index (χ0n) is 21.2. The number of hydrogen-bond donors (Lipinski definition) is 1. The van der Waals surface area contributed by atoms with Crippen LogP contribution in [0.1, 0.15) is 55.0 Å². The summed E-state index contributed by atoms with van der Waals surface area (Å²) in [6, 6.07) is 8.00. The number of esters is 1. The summed E-state index contributed by atoms with van der Waals surface area (Å²) >= 11 is 0. The van der Waals surface area contributed by atoms with Crippen molar-refractivity contribution in [3.05, 3.63) is 56.9 Å². The molecular formula is C27H32N2O5Si. The molecule has 184 valence electrons. The van der Waals surface area contributed by atoms with Crippen molar-refractivity contribution in [3.63, 3.8) is 0 Å². The number of fused-ring (bicyclic) bond motifs is 5. The number of aromatic nitrogens is 2. The van der Waals surface area contributed by atoms with E-state index in [4.69, 9.17) is 14.5 Å². The van der Waals surface area contributed by atoms with E-state index in [1.807, 2.05) is 13.0 Å². The number of nitrogens with zero attached hydrogens (tertiary/aromatic N) is 2. The number of ether oxygens (including phenoxy) is 2. The van der Waals surface area contributed by atoms with Gasteiger partial charge in [-0.05, 0) is 42.6 Å². The van der Waals surface area contributed by atoms with Crippen molar-refractivity contribution in [3.8, 4) is 17.1 Å². The van der Waals surface area contributed by atoms with E-state index in [1.165, 1.54) is 5.56 Å². The molecule has 1 N–H and O–H groups in total. The zero-order chi connectivity index (χ0) is 25.3. The van der Waals surface area contributed by atoms with Gasteiger partial charge in [-0.15, -0.1) is 0 Å². The zero-order valence-corrected chi connectivity index (χ0v) is 22.2. The highest BCUT2D eigenvalue weighted by Gasteiger charge is 2.45. The fraction of sp³-hybridized carbons (Fsp3) is 0.444. The maximum absolute atomic E-state index is 13.5. The van der Waals surface area contributed by atoms with Gasteiger partial charge in [-0.3, -0.25) is 4.79 Å². The molecule has 0 fully saturated rings. The molecule has 2 aromatic heterocycles. The second-order valence-corrected chi connectivity index (χ2v) is 16.3. The Morgan fingerprint density at radius 1 is 1.23 bits per heavy atom. The highest BCUT2D eigenvalue weighted by Crippen LogP contribution is 2.42. The first-order valence-electron chi connectivity index (χ1n) is 12.3. The lowest BCUT2D eigenvalue weighted by atomic mass is 9.86. The van der Waals surface area contributed by atoms with Gasteiger partial charge in [0.1, 0.15) is 12.4 Å². The van der Waals surface area contributed by atoms with Gasteiger partial charge in [0.25, 0.3) is 5.56 Å². The third-order valence-electron chi connectivity index (χ3n) is 7.73. The maximum atomic E-state index is 13.5. The number of aliphatic hydroxyl groups is 1. The van der Waals surface area contributed by atoms with Crippen molar-refractivity contribution in [1.82, 2.24) is 9.55 Å². The smallest absolute Gasteiger partial charge is 0.343 e. The summed E-state index contributed by atoms with van der Waals surface area (Å²) in [5.41, 5.74) is 3.26. The Hall–Kier alpha value is -2.97. The molecule has 5 rings (SSSR count). The first-order chi connectivity index (χ1) is 16.5. The molecule has 0 saturated heterocycles. The highest BCUT2D eigenvalue weighted by atomic mass is 28.3. The molecule has 0 saturated carbocycles. The average Bonchev–Trinajstić information content (AvgIpc) is 3.18. The minimum atomic E-state index is -1.83. The molecule has 4 heterocycles. The molecule has 3 aromatic rings. The standard InChI is InChI=1S/C27H32N2O5Si/c1-7-27(32)20-12-21-23-16(13-29(21)25(30)19(20)14-34-26(27)31)11-18-22(33-8-2)10-9-17(24(18)28-23)15(3)35(4,5)6/h9-12,15,32H,7-8,13-14H2,1-6H3/t15?,27-/m0/s1. The number of carbonyl (C=O) groups is 1. The molecule has 0 radical (unpaired) electrons. The number of hydrogen-bond acceptors (Lipinski definition) is 6. The monoisotopic (exact) mass is 492 g/mol. The third kappa shape index (κ3) is 3.45. The molecule has 2 aliphatic heterocycles. The predicted molar refractivity (Wildman–Crippen MR) is 137 cm³/mol. The summed E-state index contributed by atoms with van der Waals surface area (Å²) < 4.78 is 12.8. The molecule has 1 aromatic carbocycles. The predicted octanol–water partition coefficient (Wildman–Crippen LogP) is 4.46. The van der Waals surface area contributed by atoms with Crippen LogP contribution in [0.15, 0.2) is 29.1 Å². The molecule has 2 atom stereocenters. The molecule has 0 aliphatic carbocycles. The minimum Gasteiger partial charge on any atom is -0.493 e. The van der Waals surface area contributed by atoms with E-state index in [9.17, 15) is 14.7 Å². The Kier molecular flexibility index (Phi) is 5.45. The van der Waals surface area contributed by atoms with Gasteiger partial charge in [0.15, 0.2) is 5.60 Å². The lowest BCUT2D eigenvalue weighted by Gasteiger charge is -2.31. The average molecular weight is 493 g/mol. The normalized spacial score (nSPS) is 19.7.